The second kappa shape index (κ2) is 12.0. The number of hydrogen-bond acceptors (Lipinski definition) is 8. The number of sulfonamides is 1. The zero-order chi connectivity index (χ0) is 28.2. The number of nitrogens with zero attached hydrogens (tertiary/aromatic N) is 1. The van der Waals surface area contributed by atoms with Crippen LogP contribution in [0, 0.1) is 5.92 Å². The Morgan fingerprint density at radius 2 is 1.82 bits per heavy atom. The molecule has 0 aromatic heterocycles. The van der Waals surface area contributed by atoms with Gasteiger partial charge in [0.15, 0.2) is 17.3 Å². The van der Waals surface area contributed by atoms with Gasteiger partial charge in [-0.1, -0.05) is 13.8 Å². The maximum absolute atomic E-state index is 13.3. The number of methoxy groups -OCH3 is 1. The number of ketones is 1. The molecule has 4 rings (SSSR count). The van der Waals surface area contributed by atoms with Crippen molar-refractivity contribution >= 4 is 27.6 Å². The average molecular weight is 560 g/mol. The Hall–Kier alpha value is -3.64. The zero-order valence-electron chi connectivity index (χ0n) is 22.1. The smallest absolute Gasteiger partial charge is 0.252 e. The number of ether oxygens (including phenoxy) is 3. The van der Waals surface area contributed by atoms with Crippen molar-refractivity contribution in [2.24, 2.45) is 5.92 Å². The number of carbonyl (C=O) groups excluding carboxylic acids is 3. The lowest BCUT2D eigenvalue weighted by atomic mass is 10.0. The van der Waals surface area contributed by atoms with E-state index in [0.717, 1.165) is 4.31 Å². The van der Waals surface area contributed by atoms with E-state index in [4.69, 9.17) is 14.2 Å². The van der Waals surface area contributed by atoms with Crippen LogP contribution in [0.25, 0.3) is 0 Å². The molecular formula is C27H33N3O8S. The molecule has 0 saturated carbocycles. The lowest BCUT2D eigenvalue weighted by Crippen LogP contribution is -2.52. The van der Waals surface area contributed by atoms with Gasteiger partial charge in [0, 0.05) is 12.1 Å². The highest BCUT2D eigenvalue weighted by Gasteiger charge is 2.34. The molecule has 2 aliphatic rings. The molecule has 12 heteroatoms. The number of Topliss-reactive ketones (excluding diaryl/α,β-unsaturated/α-hetero) is 1. The van der Waals surface area contributed by atoms with Crippen LogP contribution in [0.1, 0.15) is 43.5 Å². The fourth-order valence-electron chi connectivity index (χ4n) is 4.50. The van der Waals surface area contributed by atoms with Crippen LogP contribution in [-0.2, 0) is 19.6 Å². The van der Waals surface area contributed by atoms with Crippen LogP contribution in [0.4, 0.5) is 0 Å². The number of hydrogen-bond donors (Lipinski definition) is 2. The molecule has 0 spiro atoms. The molecule has 1 saturated heterocycles. The molecule has 1 unspecified atom stereocenters. The molecule has 1 fully saturated rings. The summed E-state index contributed by atoms with van der Waals surface area (Å²) in [4.78, 5) is 39.3. The first-order chi connectivity index (χ1) is 18.6. The number of carbonyl (C=O) groups is 3. The Bertz CT molecular complexity index is 1330. The second-order valence-electron chi connectivity index (χ2n) is 9.91. The zero-order valence-corrected chi connectivity index (χ0v) is 23.0. The van der Waals surface area contributed by atoms with Crippen LogP contribution < -0.4 is 24.8 Å². The minimum atomic E-state index is -3.91. The van der Waals surface area contributed by atoms with Crippen molar-refractivity contribution < 1.29 is 37.0 Å². The van der Waals surface area contributed by atoms with Gasteiger partial charge in [0.2, 0.25) is 22.7 Å². The number of rotatable bonds is 9. The van der Waals surface area contributed by atoms with Crippen LogP contribution in [0.15, 0.2) is 47.4 Å². The SMILES string of the molecule is COc1ccc(S(=O)(=O)N2CCCC(NC(=O)[C@@H](CC(C)C)NC(=O)c3ccc4c(c3)OCO4)C(=O)C2)cc1. The third kappa shape index (κ3) is 6.69. The Balaban J connectivity index is 1.42. The highest BCUT2D eigenvalue weighted by molar-refractivity contribution is 7.89. The number of amides is 2. The molecule has 11 nitrogen and oxygen atoms in total. The Morgan fingerprint density at radius 1 is 1.10 bits per heavy atom. The third-order valence-corrected chi connectivity index (χ3v) is 8.46. The fourth-order valence-corrected chi connectivity index (χ4v) is 5.95. The third-order valence-electron chi connectivity index (χ3n) is 6.60. The van der Waals surface area contributed by atoms with Crippen molar-refractivity contribution in [2.75, 3.05) is 27.0 Å². The van der Waals surface area contributed by atoms with Crippen LogP contribution in [-0.4, -0.2) is 69.4 Å². The molecule has 0 radical (unpaired) electrons. The van der Waals surface area contributed by atoms with Crippen molar-refractivity contribution in [1.29, 1.82) is 0 Å². The first-order valence-corrected chi connectivity index (χ1v) is 14.2. The van der Waals surface area contributed by atoms with E-state index in [9.17, 15) is 22.8 Å². The standard InChI is InChI=1S/C27H33N3O8S/c1-17(2)13-22(29-26(32)18-6-11-24-25(14-18)38-16-37-24)27(33)28-21-5-4-12-30(15-23(21)31)39(34,35)20-9-7-19(36-3)8-10-20/h6-11,14,17,21-22H,4-5,12-13,15-16H2,1-3H3,(H,28,33)(H,29,32)/t21?,22-/m1/s1. The van der Waals surface area contributed by atoms with Crippen molar-refractivity contribution in [3.63, 3.8) is 0 Å². The van der Waals surface area contributed by atoms with Crippen molar-refractivity contribution in [2.45, 2.75) is 50.1 Å². The van der Waals surface area contributed by atoms with Crippen molar-refractivity contribution in [3.05, 3.63) is 48.0 Å². The maximum Gasteiger partial charge on any atom is 0.252 e. The van der Waals surface area contributed by atoms with E-state index in [2.05, 4.69) is 10.6 Å². The Kier molecular flexibility index (Phi) is 8.76. The van der Waals surface area contributed by atoms with Gasteiger partial charge in [0.05, 0.1) is 24.6 Å². The summed E-state index contributed by atoms with van der Waals surface area (Å²) in [6.07, 6.45) is 1.01. The molecule has 39 heavy (non-hydrogen) atoms. The molecule has 0 bridgehead atoms. The molecule has 2 amide bonds. The average Bonchev–Trinajstić information content (AvgIpc) is 3.31. The predicted octanol–water partition coefficient (Wildman–Crippen LogP) is 2.11. The topological polar surface area (TPSA) is 140 Å². The molecule has 2 aromatic carbocycles. The summed E-state index contributed by atoms with van der Waals surface area (Å²) in [5.74, 6) is 0.214. The summed E-state index contributed by atoms with van der Waals surface area (Å²) in [7, 11) is -2.42. The minimum absolute atomic E-state index is 0.0572. The fraction of sp³-hybridized carbons (Fsp3) is 0.444. The van der Waals surface area contributed by atoms with Gasteiger partial charge in [-0.15, -0.1) is 0 Å². The highest BCUT2D eigenvalue weighted by atomic mass is 32.2. The van der Waals surface area contributed by atoms with E-state index in [-0.39, 0.29) is 37.1 Å². The van der Waals surface area contributed by atoms with Gasteiger partial charge in [0.1, 0.15) is 11.8 Å². The molecule has 2 aliphatic heterocycles. The summed E-state index contributed by atoms with van der Waals surface area (Å²) >= 11 is 0. The molecular weight excluding hydrogens is 526 g/mol. The van der Waals surface area contributed by atoms with E-state index < -0.39 is 39.7 Å². The van der Waals surface area contributed by atoms with Crippen LogP contribution in [0.2, 0.25) is 0 Å². The summed E-state index contributed by atoms with van der Waals surface area (Å²) in [6.45, 7) is 3.70. The summed E-state index contributed by atoms with van der Waals surface area (Å²) in [5, 5.41) is 5.52. The number of fused-ring (bicyclic) bond motifs is 1. The van der Waals surface area contributed by atoms with Gasteiger partial charge in [0.25, 0.3) is 5.91 Å². The number of benzene rings is 2. The summed E-state index contributed by atoms with van der Waals surface area (Å²) in [6, 6.07) is 8.96. The van der Waals surface area contributed by atoms with Gasteiger partial charge in [-0.05, 0) is 67.6 Å². The largest absolute Gasteiger partial charge is 0.497 e. The van der Waals surface area contributed by atoms with Crippen molar-refractivity contribution in [3.8, 4) is 17.2 Å². The van der Waals surface area contributed by atoms with Gasteiger partial charge in [-0.2, -0.15) is 4.31 Å². The normalized spacial score (nSPS) is 18.4. The van der Waals surface area contributed by atoms with E-state index in [0.29, 0.717) is 35.7 Å². The lowest BCUT2D eigenvalue weighted by Gasteiger charge is -2.23. The van der Waals surface area contributed by atoms with E-state index in [1.807, 2.05) is 13.8 Å². The summed E-state index contributed by atoms with van der Waals surface area (Å²) in [5.41, 5.74) is 0.311. The van der Waals surface area contributed by atoms with E-state index in [1.54, 1.807) is 30.3 Å². The first-order valence-electron chi connectivity index (χ1n) is 12.8. The molecule has 2 N–H and O–H groups in total. The van der Waals surface area contributed by atoms with Crippen LogP contribution >= 0.6 is 0 Å². The van der Waals surface area contributed by atoms with Crippen LogP contribution in [0.5, 0.6) is 17.2 Å². The van der Waals surface area contributed by atoms with Crippen molar-refractivity contribution in [1.82, 2.24) is 14.9 Å². The maximum atomic E-state index is 13.3. The van der Waals surface area contributed by atoms with Gasteiger partial charge in [-0.25, -0.2) is 8.42 Å². The van der Waals surface area contributed by atoms with Gasteiger partial charge < -0.3 is 24.8 Å². The van der Waals surface area contributed by atoms with Crippen LogP contribution in [0.3, 0.4) is 0 Å². The molecule has 2 aromatic rings. The Labute approximate surface area is 227 Å². The summed E-state index contributed by atoms with van der Waals surface area (Å²) < 4.78 is 43.1. The molecule has 2 atom stereocenters. The number of nitrogens with one attached hydrogen (secondary N) is 2. The van der Waals surface area contributed by atoms with E-state index >= 15 is 0 Å². The highest BCUT2D eigenvalue weighted by Crippen LogP contribution is 2.32. The predicted molar refractivity (Wildman–Crippen MR) is 141 cm³/mol. The van der Waals surface area contributed by atoms with Gasteiger partial charge >= 0.3 is 0 Å². The molecule has 0 aliphatic carbocycles. The quantitative estimate of drug-likeness (QED) is 0.476. The minimum Gasteiger partial charge on any atom is -0.497 e. The lowest BCUT2D eigenvalue weighted by molar-refractivity contribution is -0.129. The van der Waals surface area contributed by atoms with E-state index in [1.165, 1.54) is 19.2 Å². The molecule has 210 valence electrons. The van der Waals surface area contributed by atoms with Gasteiger partial charge in [-0.3, -0.25) is 14.4 Å². The second-order valence-corrected chi connectivity index (χ2v) is 11.8. The molecule has 2 heterocycles. The Morgan fingerprint density at radius 3 is 2.51 bits per heavy atom. The monoisotopic (exact) mass is 559 g/mol. The first kappa shape index (κ1) is 28.4.